The number of anilines is 1. The summed E-state index contributed by atoms with van der Waals surface area (Å²) < 4.78 is 51.3. The largest absolute Gasteiger partial charge is 0.416 e. The van der Waals surface area contributed by atoms with Gasteiger partial charge >= 0.3 is 6.18 Å². The molecule has 22 heavy (non-hydrogen) atoms. The Hall–Kier alpha value is -2.77. The van der Waals surface area contributed by atoms with E-state index < -0.39 is 29.0 Å². The summed E-state index contributed by atoms with van der Waals surface area (Å²) in [5.74, 6) is -2.50. The fraction of sp³-hybridized carbons (Fsp3) is 0.0714. The second-order valence-electron chi connectivity index (χ2n) is 4.15. The van der Waals surface area contributed by atoms with Crippen LogP contribution in [-0.2, 0) is 11.0 Å². The van der Waals surface area contributed by atoms with Gasteiger partial charge in [-0.1, -0.05) is 0 Å². The van der Waals surface area contributed by atoms with Crippen LogP contribution in [0.3, 0.4) is 0 Å². The first kappa shape index (κ1) is 15.6. The molecule has 0 spiro atoms. The molecule has 113 valence electrons. The zero-order chi connectivity index (χ0) is 16.3. The standard InChI is InChI=1S/C14H7F4N2O2/c15-11-4-3-9(14(16,17)18)6-10(11)13(22)20-12-8(7-21)2-1-5-19-12/h1-6H,(H,19,20,22). The predicted molar refractivity (Wildman–Crippen MR) is 68.4 cm³/mol. The van der Waals surface area contributed by atoms with Crippen molar-refractivity contribution in [1.82, 2.24) is 4.98 Å². The van der Waals surface area contributed by atoms with E-state index in [1.54, 1.807) is 0 Å². The molecule has 1 radical (unpaired) electrons. The van der Waals surface area contributed by atoms with Gasteiger partial charge < -0.3 is 5.32 Å². The minimum absolute atomic E-state index is 0.108. The fourth-order valence-corrected chi connectivity index (χ4v) is 1.64. The van der Waals surface area contributed by atoms with E-state index in [0.717, 1.165) is 0 Å². The topological polar surface area (TPSA) is 59.1 Å². The molecule has 4 nitrogen and oxygen atoms in total. The first-order chi connectivity index (χ1) is 10.3. The van der Waals surface area contributed by atoms with E-state index in [2.05, 4.69) is 10.3 Å². The summed E-state index contributed by atoms with van der Waals surface area (Å²) >= 11 is 0. The van der Waals surface area contributed by atoms with Gasteiger partial charge in [0.2, 0.25) is 6.29 Å². The van der Waals surface area contributed by atoms with Crippen LogP contribution in [0.4, 0.5) is 23.4 Å². The van der Waals surface area contributed by atoms with Crippen LogP contribution >= 0.6 is 0 Å². The summed E-state index contributed by atoms with van der Waals surface area (Å²) in [6, 6.07) is 4.15. The van der Waals surface area contributed by atoms with Gasteiger partial charge in [-0.05, 0) is 30.3 Å². The smallest absolute Gasteiger partial charge is 0.306 e. The van der Waals surface area contributed by atoms with Crippen molar-refractivity contribution in [3.8, 4) is 0 Å². The van der Waals surface area contributed by atoms with Crippen LogP contribution in [0.2, 0.25) is 0 Å². The Morgan fingerprint density at radius 3 is 2.59 bits per heavy atom. The minimum atomic E-state index is -4.71. The lowest BCUT2D eigenvalue weighted by atomic mass is 10.1. The first-order valence-corrected chi connectivity index (χ1v) is 5.84. The summed E-state index contributed by atoms with van der Waals surface area (Å²) in [6.07, 6.45) is -1.96. The Kier molecular flexibility index (Phi) is 4.20. The maximum Gasteiger partial charge on any atom is 0.416 e. The number of aromatic nitrogens is 1. The Bertz CT molecular complexity index is 729. The maximum atomic E-state index is 13.6. The van der Waals surface area contributed by atoms with E-state index in [-0.39, 0.29) is 11.4 Å². The molecule has 1 amide bonds. The number of pyridine rings is 1. The van der Waals surface area contributed by atoms with Crippen molar-refractivity contribution >= 4 is 18.0 Å². The molecule has 0 unspecified atom stereocenters. The molecule has 0 aliphatic carbocycles. The Balaban J connectivity index is 2.35. The molecule has 8 heteroatoms. The first-order valence-electron chi connectivity index (χ1n) is 5.84. The molecular weight excluding hydrogens is 304 g/mol. The Morgan fingerprint density at radius 2 is 1.95 bits per heavy atom. The van der Waals surface area contributed by atoms with Crippen LogP contribution in [0, 0.1) is 5.82 Å². The number of rotatable bonds is 3. The summed E-state index contributed by atoms with van der Waals surface area (Å²) in [5, 5.41) is 2.08. The summed E-state index contributed by atoms with van der Waals surface area (Å²) in [5.41, 5.74) is -2.08. The highest BCUT2D eigenvalue weighted by molar-refractivity contribution is 6.05. The van der Waals surface area contributed by atoms with Gasteiger partial charge in [-0.25, -0.2) is 9.37 Å². The number of nitrogens with one attached hydrogen (secondary N) is 1. The van der Waals surface area contributed by atoms with E-state index in [1.807, 2.05) is 0 Å². The second kappa shape index (κ2) is 5.92. The average molecular weight is 311 g/mol. The summed E-state index contributed by atoms with van der Waals surface area (Å²) in [6.45, 7) is 0. The van der Waals surface area contributed by atoms with Gasteiger partial charge in [0.05, 0.1) is 16.7 Å². The zero-order valence-electron chi connectivity index (χ0n) is 10.7. The molecule has 0 atom stereocenters. The van der Waals surface area contributed by atoms with Crippen molar-refractivity contribution in [3.63, 3.8) is 0 Å². The summed E-state index contributed by atoms with van der Waals surface area (Å²) in [4.78, 5) is 26.2. The van der Waals surface area contributed by atoms with E-state index in [0.29, 0.717) is 18.2 Å². The normalized spacial score (nSPS) is 11.1. The highest BCUT2D eigenvalue weighted by atomic mass is 19.4. The van der Waals surface area contributed by atoms with E-state index in [9.17, 15) is 27.2 Å². The fourth-order valence-electron chi connectivity index (χ4n) is 1.64. The van der Waals surface area contributed by atoms with E-state index in [4.69, 9.17) is 0 Å². The average Bonchev–Trinajstić information content (AvgIpc) is 2.47. The number of nitrogens with zero attached hydrogens (tertiary/aromatic N) is 1. The van der Waals surface area contributed by atoms with Crippen molar-refractivity contribution in [3.05, 3.63) is 59.0 Å². The third-order valence-corrected chi connectivity index (χ3v) is 2.69. The summed E-state index contributed by atoms with van der Waals surface area (Å²) in [7, 11) is 0. The molecule has 0 bridgehead atoms. The van der Waals surface area contributed by atoms with Crippen LogP contribution in [0.25, 0.3) is 0 Å². The van der Waals surface area contributed by atoms with Crippen molar-refractivity contribution in [2.75, 3.05) is 5.32 Å². The van der Waals surface area contributed by atoms with Gasteiger partial charge in [0, 0.05) is 6.20 Å². The van der Waals surface area contributed by atoms with Crippen LogP contribution < -0.4 is 5.32 Å². The Labute approximate surface area is 121 Å². The molecule has 0 aliphatic rings. The van der Waals surface area contributed by atoms with Crippen molar-refractivity contribution in [1.29, 1.82) is 0 Å². The number of hydrogen-bond acceptors (Lipinski definition) is 3. The monoisotopic (exact) mass is 311 g/mol. The zero-order valence-corrected chi connectivity index (χ0v) is 10.7. The van der Waals surface area contributed by atoms with Gasteiger partial charge in [-0.15, -0.1) is 0 Å². The number of alkyl halides is 3. The van der Waals surface area contributed by atoms with Crippen molar-refractivity contribution in [2.24, 2.45) is 0 Å². The molecule has 2 rings (SSSR count). The molecular formula is C14H7F4N2O2. The molecule has 0 fully saturated rings. The van der Waals surface area contributed by atoms with Gasteiger partial charge in [0.1, 0.15) is 11.6 Å². The molecule has 1 N–H and O–H groups in total. The third kappa shape index (κ3) is 3.27. The van der Waals surface area contributed by atoms with E-state index >= 15 is 0 Å². The van der Waals surface area contributed by atoms with Gasteiger partial charge in [-0.3, -0.25) is 9.59 Å². The lowest BCUT2D eigenvalue weighted by Gasteiger charge is -2.10. The van der Waals surface area contributed by atoms with Crippen molar-refractivity contribution in [2.45, 2.75) is 6.18 Å². The quantitative estimate of drug-likeness (QED) is 0.887. The highest BCUT2D eigenvalue weighted by Crippen LogP contribution is 2.30. The molecule has 0 aliphatic heterocycles. The van der Waals surface area contributed by atoms with Crippen molar-refractivity contribution < 1.29 is 27.2 Å². The molecule has 0 saturated carbocycles. The van der Waals surface area contributed by atoms with Gasteiger partial charge in [0.25, 0.3) is 5.91 Å². The van der Waals surface area contributed by atoms with Crippen LogP contribution in [0.5, 0.6) is 0 Å². The lowest BCUT2D eigenvalue weighted by Crippen LogP contribution is -2.17. The van der Waals surface area contributed by atoms with Crippen LogP contribution in [0.1, 0.15) is 21.5 Å². The molecule has 0 saturated heterocycles. The predicted octanol–water partition coefficient (Wildman–Crippen LogP) is 2.95. The molecule has 2 aromatic rings. The Morgan fingerprint density at radius 1 is 1.23 bits per heavy atom. The van der Waals surface area contributed by atoms with Gasteiger partial charge in [-0.2, -0.15) is 13.2 Å². The number of amides is 1. The number of carbonyl (C=O) groups is 1. The number of hydrogen-bond donors (Lipinski definition) is 1. The maximum absolute atomic E-state index is 13.6. The molecule has 1 heterocycles. The second-order valence-corrected chi connectivity index (χ2v) is 4.15. The van der Waals surface area contributed by atoms with Gasteiger partial charge in [0.15, 0.2) is 0 Å². The van der Waals surface area contributed by atoms with Crippen LogP contribution in [-0.4, -0.2) is 17.2 Å². The number of benzene rings is 1. The molecule has 1 aromatic heterocycles. The highest BCUT2D eigenvalue weighted by Gasteiger charge is 2.32. The number of halogens is 4. The lowest BCUT2D eigenvalue weighted by molar-refractivity contribution is -0.137. The number of carbonyl (C=O) groups excluding carboxylic acids is 2. The molecule has 1 aromatic carbocycles. The van der Waals surface area contributed by atoms with E-state index in [1.165, 1.54) is 24.6 Å². The SMILES string of the molecule is O=[C]c1cccnc1NC(=O)c1cc(C(F)(F)F)ccc1F. The van der Waals surface area contributed by atoms with Crippen LogP contribution in [0.15, 0.2) is 36.5 Å². The third-order valence-electron chi connectivity index (χ3n) is 2.69. The minimum Gasteiger partial charge on any atom is -0.306 e.